The largest absolute Gasteiger partial charge is 0.394 e. The van der Waals surface area contributed by atoms with Crippen LogP contribution in [-0.2, 0) is 33.2 Å². The molecule has 3 fully saturated rings. The molecule has 0 aromatic rings. The number of ether oxygens (including phenoxy) is 6. The summed E-state index contributed by atoms with van der Waals surface area (Å²) >= 11 is 0. The van der Waals surface area contributed by atoms with E-state index in [4.69, 9.17) is 28.4 Å². The Labute approximate surface area is 579 Å². The molecule has 3 heterocycles. The maximum Gasteiger partial charge on any atom is 0.220 e. The van der Waals surface area contributed by atoms with Gasteiger partial charge in [0.1, 0.15) is 73.2 Å². The number of hydrogen-bond donors (Lipinski definition) is 12. The van der Waals surface area contributed by atoms with Crippen LogP contribution in [0.25, 0.3) is 0 Å². The highest BCUT2D eigenvalue weighted by molar-refractivity contribution is 5.76. The quantitative estimate of drug-likeness (QED) is 0.0199. The molecule has 0 aromatic carbocycles. The first kappa shape index (κ1) is 87.7. The third-order valence-electron chi connectivity index (χ3n) is 19.1. The zero-order chi connectivity index (χ0) is 69.6. The predicted octanol–water partition coefficient (Wildman–Crippen LogP) is 11.9. The SMILES string of the molecule is CC/C=C\C/C=C\C/C=C\C/C=C\C/C=C\CCCCCCCCCCCCCCCC(=O)NC(COC1OC(CO)C(OC2OC(CO)C(OC3OC(CO)C(O)C(O)C3O)C(O)C2O)C(O)C1O)C(O)CCCCCCCCCCCCCCCCCCCCCCCC. The molecule has 19 nitrogen and oxygen atoms in total. The van der Waals surface area contributed by atoms with E-state index in [1.54, 1.807) is 0 Å². The Balaban J connectivity index is 1.38. The van der Waals surface area contributed by atoms with Crippen molar-refractivity contribution in [2.24, 2.45) is 0 Å². The van der Waals surface area contributed by atoms with E-state index in [2.05, 4.69) is 79.9 Å². The Morgan fingerprint density at radius 1 is 0.385 bits per heavy atom. The van der Waals surface area contributed by atoms with Gasteiger partial charge >= 0.3 is 0 Å². The van der Waals surface area contributed by atoms with Crippen molar-refractivity contribution in [1.29, 1.82) is 0 Å². The minimum Gasteiger partial charge on any atom is -0.394 e. The topological polar surface area (TPSA) is 307 Å². The Bertz CT molecular complexity index is 1970. The van der Waals surface area contributed by atoms with Crippen LogP contribution in [0.2, 0.25) is 0 Å². The molecule has 3 rings (SSSR count). The lowest BCUT2D eigenvalue weighted by atomic mass is 9.96. The standard InChI is InChI=1S/C77H139NO18/c1-3-5-7-9-11-13-15-17-19-21-23-25-27-28-29-30-31-32-33-35-37-39-41-43-45-47-49-51-53-55-65(83)78-60(61(82)54-52-50-48-46-44-42-40-38-36-34-26-24-22-20-18-16-14-12-10-8-6-4-2)59-91-75-71(89)68(86)73(63(57-80)93-75)96-77-72(90)69(87)74(64(58-81)94-77)95-76-70(88)67(85)66(84)62(56-79)92-76/h5,7,11,13,17,19,23,25,28-29,60-64,66-77,79-82,84-90H,3-4,6,8-10,12,14-16,18,20-22,24,26-27,30-59H2,1-2H3,(H,78,83)/b7-5-,13-11-,19-17-,25-23-,29-28-. The summed E-state index contributed by atoms with van der Waals surface area (Å²) in [5.74, 6) is -0.243. The van der Waals surface area contributed by atoms with Gasteiger partial charge in [0.15, 0.2) is 18.9 Å². The number of unbranched alkanes of at least 4 members (excludes halogenated alkanes) is 34. The fourth-order valence-electron chi connectivity index (χ4n) is 12.9. The number of aliphatic hydroxyl groups excluding tert-OH is 11. The van der Waals surface area contributed by atoms with Gasteiger partial charge in [-0.1, -0.05) is 286 Å². The number of nitrogens with one attached hydrogen (secondary N) is 1. The number of allylic oxidation sites excluding steroid dienone is 10. The smallest absolute Gasteiger partial charge is 0.220 e. The molecular formula is C77H139NO18. The summed E-state index contributed by atoms with van der Waals surface area (Å²) in [6.07, 6.45) is 45.8. The molecular weight excluding hydrogens is 1230 g/mol. The summed E-state index contributed by atoms with van der Waals surface area (Å²) in [6.45, 7) is 1.72. The zero-order valence-electron chi connectivity index (χ0n) is 59.6. The summed E-state index contributed by atoms with van der Waals surface area (Å²) < 4.78 is 34.5. The summed E-state index contributed by atoms with van der Waals surface area (Å²) in [6, 6.07) is -0.891. The molecule has 0 bridgehead atoms. The van der Waals surface area contributed by atoms with Crippen molar-refractivity contribution in [2.45, 2.75) is 394 Å². The number of carbonyl (C=O) groups excluding carboxylic acids is 1. The molecule has 0 spiro atoms. The number of hydrogen-bond acceptors (Lipinski definition) is 18. The number of amides is 1. The first-order chi connectivity index (χ1) is 46.8. The zero-order valence-corrected chi connectivity index (χ0v) is 59.6. The third-order valence-corrected chi connectivity index (χ3v) is 19.1. The van der Waals surface area contributed by atoms with E-state index in [0.29, 0.717) is 12.8 Å². The van der Waals surface area contributed by atoms with E-state index in [1.807, 2.05) is 0 Å². The van der Waals surface area contributed by atoms with Crippen LogP contribution < -0.4 is 5.32 Å². The second kappa shape index (κ2) is 58.0. The monoisotopic (exact) mass is 1370 g/mol. The lowest BCUT2D eigenvalue weighted by molar-refractivity contribution is -0.379. The minimum absolute atomic E-state index is 0.243. The van der Waals surface area contributed by atoms with Gasteiger partial charge in [-0.25, -0.2) is 0 Å². The molecule has 19 heteroatoms. The fraction of sp³-hybridized carbons (Fsp3) is 0.857. The van der Waals surface area contributed by atoms with Crippen LogP contribution in [0.5, 0.6) is 0 Å². The Morgan fingerprint density at radius 2 is 0.719 bits per heavy atom. The van der Waals surface area contributed by atoms with E-state index in [9.17, 15) is 61.0 Å². The van der Waals surface area contributed by atoms with E-state index >= 15 is 0 Å². The van der Waals surface area contributed by atoms with Crippen LogP contribution in [0, 0.1) is 0 Å². The van der Waals surface area contributed by atoms with Gasteiger partial charge in [0.25, 0.3) is 0 Å². The second-order valence-corrected chi connectivity index (χ2v) is 27.4. The van der Waals surface area contributed by atoms with Crippen LogP contribution in [0.15, 0.2) is 60.8 Å². The molecule has 0 radical (unpaired) electrons. The van der Waals surface area contributed by atoms with E-state index < -0.39 is 124 Å². The van der Waals surface area contributed by atoms with Crippen molar-refractivity contribution in [2.75, 3.05) is 26.4 Å². The summed E-state index contributed by atoms with van der Waals surface area (Å²) in [5.41, 5.74) is 0. The summed E-state index contributed by atoms with van der Waals surface area (Å²) in [5, 5.41) is 121. The highest BCUT2D eigenvalue weighted by Gasteiger charge is 2.53. The van der Waals surface area contributed by atoms with Crippen LogP contribution in [0.1, 0.15) is 290 Å². The summed E-state index contributed by atoms with van der Waals surface area (Å²) in [7, 11) is 0. The van der Waals surface area contributed by atoms with E-state index in [1.165, 1.54) is 173 Å². The van der Waals surface area contributed by atoms with Gasteiger partial charge in [-0.3, -0.25) is 4.79 Å². The fourth-order valence-corrected chi connectivity index (χ4v) is 12.9. The van der Waals surface area contributed by atoms with Gasteiger partial charge in [0, 0.05) is 6.42 Å². The molecule has 0 aliphatic carbocycles. The second-order valence-electron chi connectivity index (χ2n) is 27.4. The normalized spacial score (nSPS) is 27.4. The molecule has 17 unspecified atom stereocenters. The van der Waals surface area contributed by atoms with Crippen molar-refractivity contribution in [3.05, 3.63) is 60.8 Å². The number of rotatable bonds is 60. The van der Waals surface area contributed by atoms with E-state index in [0.717, 1.165) is 83.5 Å². The lowest BCUT2D eigenvalue weighted by Crippen LogP contribution is -2.66. The summed E-state index contributed by atoms with van der Waals surface area (Å²) in [4.78, 5) is 13.5. The molecule has 96 heavy (non-hydrogen) atoms. The van der Waals surface area contributed by atoms with Gasteiger partial charge in [0.2, 0.25) is 5.91 Å². The number of aliphatic hydroxyl groups is 11. The molecule has 0 saturated carbocycles. The number of carbonyl (C=O) groups is 1. The van der Waals surface area contributed by atoms with Crippen LogP contribution in [0.3, 0.4) is 0 Å². The van der Waals surface area contributed by atoms with Crippen LogP contribution >= 0.6 is 0 Å². The third kappa shape index (κ3) is 38.5. The van der Waals surface area contributed by atoms with Gasteiger partial charge in [-0.2, -0.15) is 0 Å². The first-order valence-corrected chi connectivity index (χ1v) is 38.5. The van der Waals surface area contributed by atoms with Gasteiger partial charge < -0.3 is 89.9 Å². The van der Waals surface area contributed by atoms with Crippen LogP contribution in [-0.4, -0.2) is 193 Å². The van der Waals surface area contributed by atoms with Crippen molar-refractivity contribution < 1.29 is 89.4 Å². The maximum atomic E-state index is 13.5. The maximum absolute atomic E-state index is 13.5. The minimum atomic E-state index is -1.97. The molecule has 17 atom stereocenters. The predicted molar refractivity (Wildman–Crippen MR) is 379 cm³/mol. The molecule has 12 N–H and O–H groups in total. The molecule has 3 aliphatic rings. The molecule has 1 amide bonds. The van der Waals surface area contributed by atoms with Crippen molar-refractivity contribution in [3.8, 4) is 0 Å². The Morgan fingerprint density at radius 3 is 1.12 bits per heavy atom. The Kier molecular flexibility index (Phi) is 53.0. The van der Waals surface area contributed by atoms with Crippen molar-refractivity contribution in [1.82, 2.24) is 5.32 Å². The molecule has 3 aliphatic heterocycles. The molecule has 3 saturated heterocycles. The van der Waals surface area contributed by atoms with Crippen molar-refractivity contribution >= 4 is 5.91 Å². The average Bonchev–Trinajstić information content (AvgIpc) is 0.787. The van der Waals surface area contributed by atoms with Gasteiger partial charge in [0.05, 0.1) is 38.6 Å². The average molecular weight is 1370 g/mol. The van der Waals surface area contributed by atoms with Gasteiger partial charge in [-0.05, 0) is 57.8 Å². The van der Waals surface area contributed by atoms with Gasteiger partial charge in [-0.15, -0.1) is 0 Å². The highest BCUT2D eigenvalue weighted by atomic mass is 16.8. The van der Waals surface area contributed by atoms with Crippen molar-refractivity contribution in [3.63, 3.8) is 0 Å². The van der Waals surface area contributed by atoms with E-state index in [-0.39, 0.29) is 18.9 Å². The first-order valence-electron chi connectivity index (χ1n) is 38.5. The highest BCUT2D eigenvalue weighted by Crippen LogP contribution is 2.33. The molecule has 560 valence electrons. The Hall–Kier alpha value is -2.51. The lowest BCUT2D eigenvalue weighted by Gasteiger charge is -2.48. The molecule has 0 aromatic heterocycles. The van der Waals surface area contributed by atoms with Crippen LogP contribution in [0.4, 0.5) is 0 Å².